The Kier molecular flexibility index (Phi) is 8.83. The quantitative estimate of drug-likeness (QED) is 0.240. The van der Waals surface area contributed by atoms with Crippen LogP contribution in [-0.2, 0) is 23.7 Å². The number of ether oxygens (including phenoxy) is 4. The summed E-state index contributed by atoms with van der Waals surface area (Å²) in [6, 6.07) is 8.67. The van der Waals surface area contributed by atoms with Crippen LogP contribution in [0, 0.1) is 5.92 Å². The zero-order valence-electron chi connectivity index (χ0n) is 20.3. The van der Waals surface area contributed by atoms with Crippen molar-refractivity contribution in [1.29, 1.82) is 0 Å². The first-order valence-corrected chi connectivity index (χ1v) is 12.6. The van der Waals surface area contributed by atoms with Gasteiger partial charge in [0.25, 0.3) is 0 Å². The van der Waals surface area contributed by atoms with Crippen LogP contribution in [-0.4, -0.2) is 88.0 Å². The zero-order chi connectivity index (χ0) is 25.7. The molecule has 36 heavy (non-hydrogen) atoms. The zero-order valence-corrected chi connectivity index (χ0v) is 21.1. The smallest absolute Gasteiger partial charge is 0.302 e. The van der Waals surface area contributed by atoms with Crippen LogP contribution in [0.15, 0.2) is 41.6 Å². The van der Waals surface area contributed by atoms with Crippen molar-refractivity contribution >= 4 is 17.7 Å². The molecule has 3 heterocycles. The van der Waals surface area contributed by atoms with Gasteiger partial charge in [-0.3, -0.25) is 4.79 Å². The van der Waals surface area contributed by atoms with Crippen LogP contribution in [0.1, 0.15) is 19.9 Å². The Labute approximate surface area is 212 Å². The molecule has 0 spiro atoms. The van der Waals surface area contributed by atoms with Gasteiger partial charge in [-0.1, -0.05) is 47.6 Å². The molecule has 2 aliphatic rings. The number of esters is 1. The molecule has 0 radical (unpaired) electrons. The predicted molar refractivity (Wildman–Crippen MR) is 131 cm³/mol. The van der Waals surface area contributed by atoms with E-state index < -0.39 is 41.8 Å². The molecular formula is C23H30N6O6S. The molecule has 4 rings (SSSR count). The van der Waals surface area contributed by atoms with E-state index >= 15 is 0 Å². The first-order chi connectivity index (χ1) is 17.4. The molecule has 0 saturated carbocycles. The van der Waals surface area contributed by atoms with Gasteiger partial charge in [0.15, 0.2) is 0 Å². The lowest BCUT2D eigenvalue weighted by Crippen LogP contribution is -2.55. The maximum Gasteiger partial charge on any atom is 0.302 e. The van der Waals surface area contributed by atoms with E-state index in [9.17, 15) is 9.90 Å². The Bertz CT molecular complexity index is 1070. The van der Waals surface area contributed by atoms with Gasteiger partial charge < -0.3 is 24.1 Å². The van der Waals surface area contributed by atoms with Gasteiger partial charge in [0.2, 0.25) is 0 Å². The van der Waals surface area contributed by atoms with Gasteiger partial charge in [0.1, 0.15) is 29.9 Å². The number of aliphatic hydroxyl groups excluding tert-OH is 1. The summed E-state index contributed by atoms with van der Waals surface area (Å²) in [5.74, 6) is -0.681. The van der Waals surface area contributed by atoms with Crippen LogP contribution in [0.25, 0.3) is 21.7 Å². The maximum atomic E-state index is 11.4. The summed E-state index contributed by atoms with van der Waals surface area (Å²) in [6.45, 7) is 3.78. The van der Waals surface area contributed by atoms with Crippen LogP contribution in [0.2, 0.25) is 0 Å². The number of hydrogen-bond donors (Lipinski definition) is 1. The van der Waals surface area contributed by atoms with Crippen LogP contribution < -0.4 is 0 Å². The Hall–Kier alpha value is -2.67. The van der Waals surface area contributed by atoms with Crippen molar-refractivity contribution in [3.8, 4) is 11.3 Å². The molecule has 8 atom stereocenters. The van der Waals surface area contributed by atoms with Crippen LogP contribution in [0.3, 0.4) is 0 Å². The topological polar surface area (TPSA) is 154 Å². The molecule has 0 aliphatic carbocycles. The number of aliphatic hydroxyl groups is 1. The highest BCUT2D eigenvalue weighted by Gasteiger charge is 2.47. The van der Waals surface area contributed by atoms with Crippen molar-refractivity contribution < 1.29 is 28.8 Å². The standard InChI is InChI=1S/C23H30N6O6S/c1-13-18(11-34-14(2)30)35-23(22(32-3)20(13)26-27-24)36-19-12-33-10-17(21(19)31)29-9-16(25-28-29)15-7-5-4-6-8-15/h4-9,13,17-23,31H,10-12H2,1-3H3. The normalized spacial score (nSPS) is 32.4. The first-order valence-electron chi connectivity index (χ1n) is 11.7. The SMILES string of the molecule is COC1C(SC2COCC(n3cc(-c4ccccc4)nn3)C2O)OC(COC(C)=O)C(C)C1N=[N+]=[N-]. The molecule has 8 unspecified atom stereocenters. The van der Waals surface area contributed by atoms with E-state index in [-0.39, 0.29) is 31.0 Å². The van der Waals surface area contributed by atoms with Gasteiger partial charge in [0.05, 0.1) is 42.9 Å². The van der Waals surface area contributed by atoms with E-state index in [1.165, 1.54) is 25.8 Å². The number of hydrogen-bond acceptors (Lipinski definition) is 10. The third kappa shape index (κ3) is 5.83. The summed E-state index contributed by atoms with van der Waals surface area (Å²) in [5, 5.41) is 23.3. The highest BCUT2D eigenvalue weighted by atomic mass is 32.2. The fourth-order valence-corrected chi connectivity index (χ4v) is 5.99. The lowest BCUT2D eigenvalue weighted by atomic mass is 9.89. The molecule has 1 aromatic heterocycles. The Balaban J connectivity index is 1.50. The number of carbonyl (C=O) groups excluding carboxylic acids is 1. The monoisotopic (exact) mass is 518 g/mol. The molecule has 13 heteroatoms. The van der Waals surface area contributed by atoms with Crippen molar-refractivity contribution in [2.75, 3.05) is 26.9 Å². The molecule has 0 amide bonds. The number of methoxy groups -OCH3 is 1. The Morgan fingerprint density at radius 1 is 1.36 bits per heavy atom. The minimum absolute atomic E-state index is 0.0228. The van der Waals surface area contributed by atoms with Crippen LogP contribution in [0.4, 0.5) is 0 Å². The van der Waals surface area contributed by atoms with E-state index in [1.807, 2.05) is 37.3 Å². The predicted octanol–water partition coefficient (Wildman–Crippen LogP) is 2.60. The number of thioether (sulfide) groups is 1. The van der Waals surface area contributed by atoms with Crippen molar-refractivity contribution in [1.82, 2.24) is 15.0 Å². The average Bonchev–Trinajstić information content (AvgIpc) is 3.37. The fourth-order valence-electron chi connectivity index (χ4n) is 4.49. The molecule has 2 fully saturated rings. The number of aromatic nitrogens is 3. The highest BCUT2D eigenvalue weighted by molar-refractivity contribution is 8.00. The molecule has 0 bridgehead atoms. The minimum Gasteiger partial charge on any atom is -0.463 e. The second kappa shape index (κ2) is 12.0. The largest absolute Gasteiger partial charge is 0.463 e. The van der Waals surface area contributed by atoms with E-state index in [4.69, 9.17) is 24.5 Å². The maximum absolute atomic E-state index is 11.4. The van der Waals surface area contributed by atoms with E-state index in [0.717, 1.165) is 5.56 Å². The number of nitrogens with zero attached hydrogens (tertiary/aromatic N) is 6. The first kappa shape index (κ1) is 26.4. The van der Waals surface area contributed by atoms with Gasteiger partial charge in [-0.2, -0.15) is 0 Å². The number of benzene rings is 1. The van der Waals surface area contributed by atoms with Gasteiger partial charge in [-0.05, 0) is 11.4 Å². The fraction of sp³-hybridized carbons (Fsp3) is 0.609. The van der Waals surface area contributed by atoms with E-state index in [2.05, 4.69) is 20.3 Å². The summed E-state index contributed by atoms with van der Waals surface area (Å²) in [7, 11) is 1.53. The van der Waals surface area contributed by atoms with E-state index in [1.54, 1.807) is 10.9 Å². The van der Waals surface area contributed by atoms with Crippen molar-refractivity contribution in [3.63, 3.8) is 0 Å². The molecule has 1 N–H and O–H groups in total. The second-order valence-electron chi connectivity index (χ2n) is 8.82. The number of carbonyl (C=O) groups is 1. The lowest BCUT2D eigenvalue weighted by molar-refractivity contribution is -0.162. The summed E-state index contributed by atoms with van der Waals surface area (Å²) < 4.78 is 24.6. The lowest BCUT2D eigenvalue weighted by Gasteiger charge is -2.45. The summed E-state index contributed by atoms with van der Waals surface area (Å²) >= 11 is 1.35. The molecule has 12 nitrogen and oxygen atoms in total. The summed E-state index contributed by atoms with van der Waals surface area (Å²) in [6.07, 6.45) is -0.102. The third-order valence-electron chi connectivity index (χ3n) is 6.52. The van der Waals surface area contributed by atoms with Crippen LogP contribution >= 0.6 is 11.8 Å². The Morgan fingerprint density at radius 2 is 2.14 bits per heavy atom. The number of azide groups is 1. The molecule has 194 valence electrons. The minimum atomic E-state index is -0.820. The molecule has 2 saturated heterocycles. The van der Waals surface area contributed by atoms with Crippen LogP contribution in [0.5, 0.6) is 0 Å². The molecule has 2 aliphatic heterocycles. The molecule has 2 aromatic rings. The average molecular weight is 519 g/mol. The van der Waals surface area contributed by atoms with Gasteiger partial charge in [-0.25, -0.2) is 4.68 Å². The number of rotatable bonds is 8. The molecular weight excluding hydrogens is 488 g/mol. The van der Waals surface area contributed by atoms with Crippen molar-refractivity contribution in [2.24, 2.45) is 11.0 Å². The van der Waals surface area contributed by atoms with Gasteiger partial charge in [-0.15, -0.1) is 16.9 Å². The van der Waals surface area contributed by atoms with E-state index in [0.29, 0.717) is 5.69 Å². The van der Waals surface area contributed by atoms with Gasteiger partial charge in [0, 0.05) is 24.5 Å². The summed E-state index contributed by atoms with van der Waals surface area (Å²) in [4.78, 5) is 14.4. The third-order valence-corrected chi connectivity index (χ3v) is 7.93. The summed E-state index contributed by atoms with van der Waals surface area (Å²) in [5.41, 5.74) is 10.2. The molecule has 1 aromatic carbocycles. The Morgan fingerprint density at radius 3 is 2.83 bits per heavy atom. The van der Waals surface area contributed by atoms with Gasteiger partial charge >= 0.3 is 5.97 Å². The highest BCUT2D eigenvalue weighted by Crippen LogP contribution is 2.40. The van der Waals surface area contributed by atoms with Crippen molar-refractivity contribution in [3.05, 3.63) is 47.0 Å². The van der Waals surface area contributed by atoms with Crippen molar-refractivity contribution in [2.45, 2.75) is 54.9 Å². The second-order valence-corrected chi connectivity index (χ2v) is 10.2.